The first kappa shape index (κ1) is 29.2. The Morgan fingerprint density at radius 2 is 1.42 bits per heavy atom. The van der Waals surface area contributed by atoms with Crippen LogP contribution in [0.15, 0.2) is 150 Å². The summed E-state index contributed by atoms with van der Waals surface area (Å²) in [6.07, 6.45) is 4.23. The quantitative estimate of drug-likeness (QED) is 0.201. The van der Waals surface area contributed by atoms with Gasteiger partial charge in [-0.25, -0.2) is 0 Å². The molecule has 2 unspecified atom stereocenters. The maximum Gasteiger partial charge on any atom is 0.134 e. The van der Waals surface area contributed by atoms with Gasteiger partial charge in [0.15, 0.2) is 0 Å². The average Bonchev–Trinajstić information content (AvgIpc) is 3.84. The van der Waals surface area contributed by atoms with Crippen LogP contribution in [0.25, 0.3) is 71.6 Å². The fourth-order valence-electron chi connectivity index (χ4n) is 9.79. The summed E-state index contributed by atoms with van der Waals surface area (Å²) in [5.74, 6) is 1.11. The maximum absolute atomic E-state index is 6.74. The van der Waals surface area contributed by atoms with Crippen molar-refractivity contribution in [1.29, 1.82) is 0 Å². The van der Waals surface area contributed by atoms with Gasteiger partial charge in [0.2, 0.25) is 0 Å². The zero-order valence-corrected chi connectivity index (χ0v) is 29.4. The molecule has 1 N–H and O–H groups in total. The number of hydrogen-bond donors (Lipinski definition) is 1. The topological polar surface area (TPSA) is 25.2 Å². The highest BCUT2D eigenvalue weighted by molar-refractivity contribution is 6.21. The van der Waals surface area contributed by atoms with Crippen molar-refractivity contribution in [3.05, 3.63) is 190 Å². The van der Waals surface area contributed by atoms with Crippen molar-refractivity contribution in [1.82, 2.24) is 0 Å². The lowest BCUT2D eigenvalue weighted by Gasteiger charge is -2.34. The van der Waals surface area contributed by atoms with Gasteiger partial charge in [-0.05, 0) is 132 Å². The van der Waals surface area contributed by atoms with Crippen LogP contribution in [0.2, 0.25) is 0 Å². The van der Waals surface area contributed by atoms with E-state index >= 15 is 0 Å². The van der Waals surface area contributed by atoms with Gasteiger partial charge >= 0.3 is 0 Å². The minimum Gasteiger partial charge on any atom is -0.460 e. The molecule has 0 fully saturated rings. The van der Waals surface area contributed by atoms with E-state index in [1.54, 1.807) is 0 Å². The van der Waals surface area contributed by atoms with Crippen LogP contribution in [0.3, 0.4) is 0 Å². The molecular formula is C51H35NO. The molecule has 9 aromatic rings. The number of para-hydroxylation sites is 2. The van der Waals surface area contributed by atoms with Crippen LogP contribution in [0.1, 0.15) is 64.4 Å². The van der Waals surface area contributed by atoms with E-state index in [1.165, 1.54) is 98.9 Å². The van der Waals surface area contributed by atoms with Crippen LogP contribution in [0, 0.1) is 0 Å². The monoisotopic (exact) mass is 677 g/mol. The highest BCUT2D eigenvalue weighted by atomic mass is 16.3. The van der Waals surface area contributed by atoms with Gasteiger partial charge in [-0.3, -0.25) is 0 Å². The summed E-state index contributed by atoms with van der Waals surface area (Å²) >= 11 is 0. The van der Waals surface area contributed by atoms with Gasteiger partial charge in [0.25, 0.3) is 0 Å². The Balaban J connectivity index is 1.21. The summed E-state index contributed by atoms with van der Waals surface area (Å²) in [7, 11) is 0. The molecule has 53 heavy (non-hydrogen) atoms. The van der Waals surface area contributed by atoms with Crippen LogP contribution >= 0.6 is 0 Å². The number of rotatable bonds is 4. The minimum absolute atomic E-state index is 0.0796. The van der Waals surface area contributed by atoms with Gasteiger partial charge in [0, 0.05) is 22.6 Å². The number of allylic oxidation sites excluding steroid dienone is 1. The Morgan fingerprint density at radius 1 is 0.604 bits per heavy atom. The second kappa shape index (κ2) is 10.8. The lowest BCUT2D eigenvalue weighted by Crippen LogP contribution is -2.25. The Bertz CT molecular complexity index is 3090. The van der Waals surface area contributed by atoms with Crippen molar-refractivity contribution < 1.29 is 4.42 Å². The fourth-order valence-corrected chi connectivity index (χ4v) is 9.79. The van der Waals surface area contributed by atoms with Gasteiger partial charge in [0.1, 0.15) is 11.3 Å². The van der Waals surface area contributed by atoms with Crippen molar-refractivity contribution >= 4 is 66.2 Å². The Labute approximate surface area is 307 Å². The zero-order chi connectivity index (χ0) is 34.8. The molecule has 1 aliphatic heterocycles. The summed E-state index contributed by atoms with van der Waals surface area (Å²) in [5.41, 5.74) is 15.6. The van der Waals surface area contributed by atoms with E-state index in [1.807, 2.05) is 0 Å². The molecule has 0 saturated carbocycles. The van der Waals surface area contributed by atoms with E-state index < -0.39 is 0 Å². The molecule has 0 spiro atoms. The first-order chi connectivity index (χ1) is 26.2. The zero-order valence-electron chi connectivity index (χ0n) is 29.4. The van der Waals surface area contributed by atoms with Crippen molar-refractivity contribution in [3.63, 3.8) is 0 Å². The van der Waals surface area contributed by atoms with Crippen molar-refractivity contribution in [2.45, 2.75) is 31.7 Å². The molecule has 0 bridgehead atoms. The van der Waals surface area contributed by atoms with Gasteiger partial charge in [-0.15, -0.1) is 0 Å². The Morgan fingerprint density at radius 3 is 2.30 bits per heavy atom. The fraction of sp³-hybridized carbons (Fsp3) is 0.0980. The molecule has 0 amide bonds. The van der Waals surface area contributed by atoms with Crippen molar-refractivity contribution in [2.24, 2.45) is 0 Å². The molecule has 8 aromatic carbocycles. The summed E-state index contributed by atoms with van der Waals surface area (Å²) in [6, 6.07) is 54.6. The molecule has 2 aliphatic carbocycles. The largest absolute Gasteiger partial charge is 0.460 e. The predicted molar refractivity (Wildman–Crippen MR) is 221 cm³/mol. The molecule has 2 atom stereocenters. The molecular weight excluding hydrogens is 643 g/mol. The SMILES string of the molecule is CC1Nc2c(C3=c4ccc5c(C6=Cc7ccccc7C6)cc(-c6ccc7ccccc7c6)c6ccc(c4c56)C(c4cc5ccccc5o4)C3)cccc21. The van der Waals surface area contributed by atoms with E-state index in [2.05, 4.69) is 164 Å². The molecule has 2 nitrogen and oxygen atoms in total. The van der Waals surface area contributed by atoms with Crippen LogP contribution < -0.4 is 10.5 Å². The van der Waals surface area contributed by atoms with Crippen LogP contribution in [-0.2, 0) is 6.42 Å². The summed E-state index contributed by atoms with van der Waals surface area (Å²) in [4.78, 5) is 0. The normalized spacial score (nSPS) is 17.2. The van der Waals surface area contributed by atoms with Crippen LogP contribution in [0.4, 0.5) is 5.69 Å². The third-order valence-corrected chi connectivity index (χ3v) is 12.4. The first-order valence-corrected chi connectivity index (χ1v) is 18.9. The number of nitrogens with one attached hydrogen (secondary N) is 1. The maximum atomic E-state index is 6.74. The second-order valence-corrected chi connectivity index (χ2v) is 15.2. The predicted octanol–water partition coefficient (Wildman–Crippen LogP) is 12.6. The molecule has 2 heteroatoms. The first-order valence-electron chi connectivity index (χ1n) is 18.9. The van der Waals surface area contributed by atoms with E-state index in [0.29, 0.717) is 6.04 Å². The number of benzene rings is 8. The average molecular weight is 678 g/mol. The number of hydrogen-bond acceptors (Lipinski definition) is 2. The minimum atomic E-state index is 0.0796. The van der Waals surface area contributed by atoms with Gasteiger partial charge in [-0.1, -0.05) is 127 Å². The van der Waals surface area contributed by atoms with E-state index in [0.717, 1.165) is 29.6 Å². The molecule has 1 aromatic heterocycles. The van der Waals surface area contributed by atoms with E-state index in [4.69, 9.17) is 4.42 Å². The van der Waals surface area contributed by atoms with E-state index in [9.17, 15) is 0 Å². The van der Waals surface area contributed by atoms with Crippen LogP contribution in [0.5, 0.6) is 0 Å². The van der Waals surface area contributed by atoms with Crippen molar-refractivity contribution in [2.75, 3.05) is 5.32 Å². The molecule has 2 heterocycles. The highest BCUT2D eigenvalue weighted by Gasteiger charge is 2.33. The standard InChI is InChI=1S/C51H35NO/c1-29-37-14-8-15-42(51(37)52-29)45-28-46(48-26-35-13-6-7-16-47(35)53-48)41-22-20-38-43(34-18-17-30-9-2-3-10-31(30)23-34)27-44(39-19-21-40(45)50(41)49(38)39)36-24-32-11-4-5-12-33(32)25-36/h2-24,26-27,29,46,52H,25,28H2,1H3. The van der Waals surface area contributed by atoms with Gasteiger partial charge in [-0.2, -0.15) is 0 Å². The van der Waals surface area contributed by atoms with Gasteiger partial charge in [0.05, 0.1) is 6.04 Å². The highest BCUT2D eigenvalue weighted by Crippen LogP contribution is 2.50. The number of furan rings is 1. The molecule has 0 saturated heterocycles. The smallest absolute Gasteiger partial charge is 0.134 e. The van der Waals surface area contributed by atoms with Gasteiger partial charge < -0.3 is 9.73 Å². The number of fused-ring (bicyclic) bond motifs is 4. The van der Waals surface area contributed by atoms with E-state index in [-0.39, 0.29) is 5.92 Å². The molecule has 3 aliphatic rings. The summed E-state index contributed by atoms with van der Waals surface area (Å²) < 4.78 is 6.74. The summed E-state index contributed by atoms with van der Waals surface area (Å²) in [5, 5.41) is 14.1. The van der Waals surface area contributed by atoms with Crippen molar-refractivity contribution in [3.8, 4) is 11.1 Å². The molecule has 12 rings (SSSR count). The Hall–Kier alpha value is -6.38. The Kier molecular flexibility index (Phi) is 5.97. The lowest BCUT2D eigenvalue weighted by molar-refractivity contribution is 0.522. The third-order valence-electron chi connectivity index (χ3n) is 12.4. The summed E-state index contributed by atoms with van der Waals surface area (Å²) in [6.45, 7) is 2.25. The lowest BCUT2D eigenvalue weighted by atomic mass is 9.75. The molecule has 0 radical (unpaired) electrons. The third kappa shape index (κ3) is 4.21. The van der Waals surface area contributed by atoms with Crippen LogP contribution in [-0.4, -0.2) is 0 Å². The number of anilines is 1. The second-order valence-electron chi connectivity index (χ2n) is 15.2. The molecule has 250 valence electrons.